The third-order valence-electron chi connectivity index (χ3n) is 9.39. The van der Waals surface area contributed by atoms with Crippen LogP contribution >= 0.6 is 0 Å². The van der Waals surface area contributed by atoms with Gasteiger partial charge >= 0.3 is 0 Å². The van der Waals surface area contributed by atoms with Crippen molar-refractivity contribution in [2.75, 3.05) is 22.9 Å². The molecule has 2 aliphatic heterocycles. The van der Waals surface area contributed by atoms with Gasteiger partial charge in [-0.15, -0.1) is 0 Å². The van der Waals surface area contributed by atoms with E-state index < -0.39 is 0 Å². The monoisotopic (exact) mass is 650 g/mol. The van der Waals surface area contributed by atoms with Crippen molar-refractivity contribution in [3.8, 4) is 11.5 Å². The number of ketones is 1. The second kappa shape index (κ2) is 18.4. The number of carbonyl (C=O) groups excluding carboxylic acids is 1. The molecule has 0 aromatic heterocycles. The molecular formula is C42H54N2O4. The lowest BCUT2D eigenvalue weighted by Crippen LogP contribution is -2.33. The highest BCUT2D eigenvalue weighted by atomic mass is 16.5. The van der Waals surface area contributed by atoms with E-state index >= 15 is 0 Å². The van der Waals surface area contributed by atoms with E-state index in [1.165, 1.54) is 77.0 Å². The topological polar surface area (TPSA) is 62.2 Å². The Morgan fingerprint density at radius 2 is 1.31 bits per heavy atom. The summed E-state index contributed by atoms with van der Waals surface area (Å²) in [6.07, 6.45) is 28.1. The Hall–Kier alpha value is -4.19. The highest BCUT2D eigenvalue weighted by Gasteiger charge is 2.32. The Kier molecular flexibility index (Phi) is 13.4. The first kappa shape index (κ1) is 35.1. The number of carbonyl (C=O) groups is 1. The molecule has 256 valence electrons. The predicted molar refractivity (Wildman–Crippen MR) is 198 cm³/mol. The predicted octanol–water partition coefficient (Wildman–Crippen LogP) is 10.9. The molecule has 6 heteroatoms. The number of anilines is 2. The molecule has 0 bridgehead atoms. The van der Waals surface area contributed by atoms with Crippen LogP contribution in [0.5, 0.6) is 11.5 Å². The van der Waals surface area contributed by atoms with Crippen molar-refractivity contribution in [1.82, 2.24) is 0 Å². The van der Waals surface area contributed by atoms with Gasteiger partial charge in [-0.2, -0.15) is 0 Å². The van der Waals surface area contributed by atoms with Crippen molar-refractivity contribution in [3.63, 3.8) is 0 Å². The Bertz CT molecular complexity index is 1520. The van der Waals surface area contributed by atoms with Gasteiger partial charge in [-0.1, -0.05) is 127 Å². The summed E-state index contributed by atoms with van der Waals surface area (Å²) in [6.45, 7) is 6.28. The van der Waals surface area contributed by atoms with Gasteiger partial charge in [0.05, 0.1) is 22.5 Å². The molecule has 5 rings (SSSR count). The number of aliphatic hydroxyl groups is 1. The van der Waals surface area contributed by atoms with Gasteiger partial charge in [0.1, 0.15) is 11.5 Å². The summed E-state index contributed by atoms with van der Waals surface area (Å²) in [5, 5.41) is 10.8. The van der Waals surface area contributed by atoms with Gasteiger partial charge < -0.3 is 24.4 Å². The average Bonchev–Trinajstić information content (AvgIpc) is 3.64. The van der Waals surface area contributed by atoms with E-state index in [4.69, 9.17) is 9.47 Å². The molecule has 0 amide bonds. The second-order valence-corrected chi connectivity index (χ2v) is 13.1. The molecule has 0 saturated heterocycles. The van der Waals surface area contributed by atoms with Gasteiger partial charge in [0.25, 0.3) is 0 Å². The Morgan fingerprint density at radius 1 is 0.708 bits per heavy atom. The van der Waals surface area contributed by atoms with E-state index in [9.17, 15) is 9.90 Å². The maximum absolute atomic E-state index is 13.0. The molecule has 48 heavy (non-hydrogen) atoms. The number of rotatable bonds is 20. The molecule has 1 unspecified atom stereocenters. The van der Waals surface area contributed by atoms with Crippen LogP contribution in [-0.2, 0) is 4.79 Å². The molecule has 2 aromatic carbocycles. The third-order valence-corrected chi connectivity index (χ3v) is 9.39. The number of allylic oxidation sites excluding steroid dienone is 7. The smallest absolute Gasteiger partial charge is 0.200 e. The number of fused-ring (bicyclic) bond motifs is 2. The maximum atomic E-state index is 13.0. The number of hydrogen-bond acceptors (Lipinski definition) is 6. The lowest BCUT2D eigenvalue weighted by Gasteiger charge is -2.23. The summed E-state index contributed by atoms with van der Waals surface area (Å²) in [5.41, 5.74) is 2.80. The van der Waals surface area contributed by atoms with E-state index in [0.29, 0.717) is 11.1 Å². The van der Waals surface area contributed by atoms with Crippen LogP contribution in [0.1, 0.15) is 104 Å². The summed E-state index contributed by atoms with van der Waals surface area (Å²) in [4.78, 5) is 17.5. The van der Waals surface area contributed by atoms with Crippen molar-refractivity contribution in [2.24, 2.45) is 0 Å². The fourth-order valence-corrected chi connectivity index (χ4v) is 6.62. The SMILES string of the molecule is CCCCCCCCCCN1c2ccccc2OC1/C=C/C=C1/C(=O)C(/C=C/C=C2/Oc3ccccc3N2CCCCCCCC)=C1O. The molecule has 0 saturated carbocycles. The van der Waals surface area contributed by atoms with E-state index in [2.05, 4.69) is 35.8 Å². The summed E-state index contributed by atoms with van der Waals surface area (Å²) < 4.78 is 12.4. The number of unbranched alkanes of at least 4 members (excludes halogenated alkanes) is 12. The van der Waals surface area contributed by atoms with E-state index in [1.54, 1.807) is 18.2 Å². The standard InChI is InChI=1S/C42H54N2O4/c1-3-5-7-9-11-12-14-20-32-44-36-26-16-18-28-38(36)48-40(44)30-22-24-34-41(45)33(42(34)46)23-21-29-39-43(31-19-13-10-8-6-4-2)35-25-15-17-27-37(35)47-39/h15-18,21-30,40,45H,3-14,19-20,31-32H2,1-2H3/b23-21+,30-22+,34-24+,39-29+. The minimum absolute atomic E-state index is 0.0188. The summed E-state index contributed by atoms with van der Waals surface area (Å²) in [6, 6.07) is 16.2. The van der Waals surface area contributed by atoms with Crippen LogP contribution < -0.4 is 19.3 Å². The van der Waals surface area contributed by atoms with Crippen molar-refractivity contribution >= 4 is 17.2 Å². The molecule has 1 atom stereocenters. The van der Waals surface area contributed by atoms with E-state index in [-0.39, 0.29) is 17.8 Å². The van der Waals surface area contributed by atoms with Crippen LogP contribution in [0.3, 0.4) is 0 Å². The zero-order chi connectivity index (χ0) is 33.6. The van der Waals surface area contributed by atoms with Crippen LogP contribution in [0.25, 0.3) is 0 Å². The van der Waals surface area contributed by atoms with Crippen LogP contribution in [-0.4, -0.2) is 30.2 Å². The summed E-state index contributed by atoms with van der Waals surface area (Å²) in [7, 11) is 0. The molecule has 3 aliphatic rings. The van der Waals surface area contributed by atoms with Crippen molar-refractivity contribution in [1.29, 1.82) is 0 Å². The molecule has 2 heterocycles. The van der Waals surface area contributed by atoms with Crippen molar-refractivity contribution < 1.29 is 19.4 Å². The quantitative estimate of drug-likeness (QED) is 0.114. The normalized spacial score (nSPS) is 18.7. The maximum Gasteiger partial charge on any atom is 0.200 e. The number of aliphatic hydroxyl groups excluding tert-OH is 1. The van der Waals surface area contributed by atoms with Crippen LogP contribution in [0.15, 0.2) is 108 Å². The first-order valence-corrected chi connectivity index (χ1v) is 18.4. The fraction of sp³-hybridized carbons (Fsp3) is 0.452. The Balaban J connectivity index is 1.16. The molecule has 1 N–H and O–H groups in total. The second-order valence-electron chi connectivity index (χ2n) is 13.1. The Labute approximate surface area is 288 Å². The van der Waals surface area contributed by atoms with Gasteiger partial charge in [0.15, 0.2) is 12.0 Å². The minimum atomic E-state index is -0.245. The molecule has 6 nitrogen and oxygen atoms in total. The molecule has 1 aliphatic carbocycles. The largest absolute Gasteiger partial charge is 0.506 e. The number of hydrogen-bond donors (Lipinski definition) is 1. The van der Waals surface area contributed by atoms with Crippen molar-refractivity contribution in [2.45, 2.75) is 110 Å². The summed E-state index contributed by atoms with van der Waals surface area (Å²) in [5.74, 6) is 2.31. The van der Waals surface area contributed by atoms with E-state index in [0.717, 1.165) is 54.7 Å². The third kappa shape index (κ3) is 9.03. The van der Waals surface area contributed by atoms with Crippen molar-refractivity contribution in [3.05, 3.63) is 108 Å². The van der Waals surface area contributed by atoms with Crippen LogP contribution in [0, 0.1) is 0 Å². The lowest BCUT2D eigenvalue weighted by molar-refractivity contribution is -0.113. The van der Waals surface area contributed by atoms with Gasteiger partial charge in [-0.05, 0) is 61.4 Å². The number of ether oxygens (including phenoxy) is 2. The average molecular weight is 651 g/mol. The molecule has 0 radical (unpaired) electrons. The van der Waals surface area contributed by atoms with Gasteiger partial charge in [0, 0.05) is 13.1 Å². The van der Waals surface area contributed by atoms with E-state index in [1.807, 2.05) is 54.6 Å². The first-order chi connectivity index (χ1) is 23.6. The first-order valence-electron chi connectivity index (χ1n) is 18.4. The highest BCUT2D eigenvalue weighted by molar-refractivity contribution is 6.20. The fourth-order valence-electron chi connectivity index (χ4n) is 6.62. The minimum Gasteiger partial charge on any atom is -0.506 e. The number of nitrogens with zero attached hydrogens (tertiary/aromatic N) is 2. The lowest BCUT2D eigenvalue weighted by atomic mass is 9.87. The van der Waals surface area contributed by atoms with Gasteiger partial charge in [-0.3, -0.25) is 4.79 Å². The van der Waals surface area contributed by atoms with Crippen LogP contribution in [0.2, 0.25) is 0 Å². The molecule has 2 aromatic rings. The molecule has 0 spiro atoms. The highest BCUT2D eigenvalue weighted by Crippen LogP contribution is 2.40. The zero-order valence-corrected chi connectivity index (χ0v) is 29.0. The number of Topliss-reactive ketones (excluding diaryl/α,β-unsaturated/α-hetero) is 1. The zero-order valence-electron chi connectivity index (χ0n) is 29.0. The molecule has 0 fully saturated rings. The molecular weight excluding hydrogens is 596 g/mol. The number of benzene rings is 2. The van der Waals surface area contributed by atoms with Gasteiger partial charge in [-0.25, -0.2) is 0 Å². The van der Waals surface area contributed by atoms with Gasteiger partial charge in [0.2, 0.25) is 11.7 Å². The summed E-state index contributed by atoms with van der Waals surface area (Å²) >= 11 is 0. The van der Waals surface area contributed by atoms with Crippen LogP contribution in [0.4, 0.5) is 11.4 Å². The Morgan fingerprint density at radius 3 is 2.00 bits per heavy atom. The number of para-hydroxylation sites is 4.